The first-order valence-electron chi connectivity index (χ1n) is 9.62. The fraction of sp³-hybridized carbons (Fsp3) is 0.174. The molecule has 0 amide bonds. The molecule has 1 N–H and O–H groups in total. The number of hydrogen-bond acceptors (Lipinski definition) is 5. The van der Waals surface area contributed by atoms with Gasteiger partial charge < -0.3 is 5.11 Å². The second-order valence-corrected chi connectivity index (χ2v) is 11.9. The molecule has 0 saturated carbocycles. The topological polar surface area (TPSA) is 72.2 Å². The van der Waals surface area contributed by atoms with Crippen molar-refractivity contribution in [2.45, 2.75) is 24.3 Å². The van der Waals surface area contributed by atoms with Gasteiger partial charge in [0.05, 0.1) is 31.9 Å². The molecule has 2 aromatic heterocycles. The van der Waals surface area contributed by atoms with Crippen molar-refractivity contribution in [3.8, 4) is 26.7 Å². The summed E-state index contributed by atoms with van der Waals surface area (Å²) in [4.78, 5) is 2.05. The highest BCUT2D eigenvalue weighted by Gasteiger charge is 2.24. The van der Waals surface area contributed by atoms with Gasteiger partial charge in [0.1, 0.15) is 5.60 Å². The van der Waals surface area contributed by atoms with Crippen LogP contribution in [0.1, 0.15) is 19.5 Å². The molecule has 2 aromatic carbocycles. The minimum absolute atomic E-state index is 0.269. The Bertz CT molecular complexity index is 1420. The predicted octanol–water partition coefficient (Wildman–Crippen LogP) is 6.21. The molecule has 4 aromatic rings. The fourth-order valence-electron chi connectivity index (χ4n) is 3.20. The summed E-state index contributed by atoms with van der Waals surface area (Å²) in [6.45, 7) is 3.33. The molecule has 0 radical (unpaired) electrons. The van der Waals surface area contributed by atoms with Crippen LogP contribution in [0.15, 0.2) is 65.6 Å². The van der Waals surface area contributed by atoms with Gasteiger partial charge in [0.2, 0.25) is 0 Å². The molecule has 0 aliphatic heterocycles. The smallest absolute Gasteiger partial charge is 0.175 e. The summed E-state index contributed by atoms with van der Waals surface area (Å²) in [5, 5.41) is 16.1. The second kappa shape index (κ2) is 8.32. The molecular weight excluding hydrogens is 487 g/mol. The number of thiophene rings is 1. The van der Waals surface area contributed by atoms with E-state index in [4.69, 9.17) is 23.2 Å². The average Bonchev–Trinajstić information content (AvgIpc) is 3.36. The van der Waals surface area contributed by atoms with E-state index in [1.54, 1.807) is 54.9 Å². The number of nitrogens with zero attached hydrogens (tertiary/aromatic N) is 2. The Kier molecular flexibility index (Phi) is 5.98. The molecule has 0 spiro atoms. The first-order valence-corrected chi connectivity index (χ1v) is 13.1. The van der Waals surface area contributed by atoms with Crippen LogP contribution in [-0.4, -0.2) is 29.6 Å². The molecular formula is C23H20Cl2N2O3S2. The van der Waals surface area contributed by atoms with Crippen molar-refractivity contribution in [3.63, 3.8) is 0 Å². The summed E-state index contributed by atoms with van der Waals surface area (Å²) in [5.41, 5.74) is 1.46. The monoisotopic (exact) mass is 506 g/mol. The Morgan fingerprint density at radius 2 is 1.72 bits per heavy atom. The van der Waals surface area contributed by atoms with Gasteiger partial charge in [-0.05, 0) is 67.9 Å². The number of benzene rings is 2. The summed E-state index contributed by atoms with van der Waals surface area (Å²) < 4.78 is 25.6. The van der Waals surface area contributed by atoms with E-state index in [-0.39, 0.29) is 4.90 Å². The van der Waals surface area contributed by atoms with E-state index in [0.29, 0.717) is 21.4 Å². The molecule has 4 rings (SSSR count). The molecule has 0 unspecified atom stereocenters. The first kappa shape index (κ1) is 23.0. The Morgan fingerprint density at radius 3 is 2.41 bits per heavy atom. The summed E-state index contributed by atoms with van der Waals surface area (Å²) in [5.74, 6) is 0. The standard InChI is InChI=1S/C23H20Cl2N2O3S2/c1-23(2,28)22-13-19(27(26-22)18-12-15(24)7-8-17(18)25)21-10-9-20(31-21)14-5-4-6-16(11-14)32(3,29)30/h4-13,28H,1-3H3. The van der Waals surface area contributed by atoms with Gasteiger partial charge in [0.25, 0.3) is 0 Å². The summed E-state index contributed by atoms with van der Waals surface area (Å²) in [6.07, 6.45) is 1.19. The Labute approximate surface area is 200 Å². The quantitative estimate of drug-likeness (QED) is 0.349. The fourth-order valence-corrected chi connectivity index (χ4v) is 5.23. The molecule has 0 aliphatic rings. The maximum Gasteiger partial charge on any atom is 0.175 e. The van der Waals surface area contributed by atoms with Crippen molar-refractivity contribution in [2.75, 3.05) is 6.26 Å². The van der Waals surface area contributed by atoms with Crippen molar-refractivity contribution < 1.29 is 13.5 Å². The predicted molar refractivity (Wildman–Crippen MR) is 131 cm³/mol. The highest BCUT2D eigenvalue weighted by Crippen LogP contribution is 2.38. The van der Waals surface area contributed by atoms with Crippen LogP contribution in [0.3, 0.4) is 0 Å². The lowest BCUT2D eigenvalue weighted by atomic mass is 10.1. The van der Waals surface area contributed by atoms with Crippen molar-refractivity contribution in [1.29, 1.82) is 0 Å². The second-order valence-electron chi connectivity index (χ2n) is 7.95. The van der Waals surface area contributed by atoms with Crippen molar-refractivity contribution in [3.05, 3.63) is 76.4 Å². The van der Waals surface area contributed by atoms with E-state index < -0.39 is 15.4 Å². The summed E-state index contributed by atoms with van der Waals surface area (Å²) in [6, 6.07) is 17.7. The molecule has 166 valence electrons. The zero-order chi connectivity index (χ0) is 23.3. The lowest BCUT2D eigenvalue weighted by Gasteiger charge is -2.13. The van der Waals surface area contributed by atoms with Gasteiger partial charge in [-0.15, -0.1) is 11.3 Å². The maximum atomic E-state index is 11.9. The average molecular weight is 507 g/mol. The van der Waals surface area contributed by atoms with Gasteiger partial charge in [-0.2, -0.15) is 5.10 Å². The lowest BCUT2D eigenvalue weighted by molar-refractivity contribution is 0.0734. The van der Waals surface area contributed by atoms with Crippen LogP contribution in [0.2, 0.25) is 10.0 Å². The van der Waals surface area contributed by atoms with Gasteiger partial charge in [0.15, 0.2) is 9.84 Å². The van der Waals surface area contributed by atoms with Crippen molar-refractivity contribution in [1.82, 2.24) is 9.78 Å². The summed E-state index contributed by atoms with van der Waals surface area (Å²) >= 11 is 14.1. The van der Waals surface area contributed by atoms with Crippen LogP contribution >= 0.6 is 34.5 Å². The van der Waals surface area contributed by atoms with Crippen LogP contribution in [0.25, 0.3) is 26.7 Å². The number of aliphatic hydroxyl groups is 1. The van der Waals surface area contributed by atoms with E-state index in [1.807, 2.05) is 24.3 Å². The van der Waals surface area contributed by atoms with E-state index >= 15 is 0 Å². The van der Waals surface area contributed by atoms with Gasteiger partial charge >= 0.3 is 0 Å². The van der Waals surface area contributed by atoms with Gasteiger partial charge in [-0.25, -0.2) is 13.1 Å². The van der Waals surface area contributed by atoms with E-state index in [1.165, 1.54) is 17.6 Å². The molecule has 9 heteroatoms. The van der Waals surface area contributed by atoms with Crippen LogP contribution in [0, 0.1) is 0 Å². The van der Waals surface area contributed by atoms with Crippen LogP contribution in [0.5, 0.6) is 0 Å². The third kappa shape index (κ3) is 4.63. The molecule has 0 fully saturated rings. The minimum Gasteiger partial charge on any atom is -0.384 e. The van der Waals surface area contributed by atoms with Gasteiger partial charge in [-0.1, -0.05) is 35.3 Å². The Morgan fingerprint density at radius 1 is 1.00 bits per heavy atom. The van der Waals surface area contributed by atoms with Crippen LogP contribution in [0.4, 0.5) is 0 Å². The molecule has 0 bridgehead atoms. The molecule has 32 heavy (non-hydrogen) atoms. The Hall–Kier alpha value is -2.16. The number of aromatic nitrogens is 2. The molecule has 0 saturated heterocycles. The largest absolute Gasteiger partial charge is 0.384 e. The zero-order valence-corrected chi connectivity index (χ0v) is 20.6. The van der Waals surface area contributed by atoms with E-state index in [9.17, 15) is 13.5 Å². The molecule has 5 nitrogen and oxygen atoms in total. The highest BCUT2D eigenvalue weighted by molar-refractivity contribution is 7.90. The minimum atomic E-state index is -3.31. The first-order chi connectivity index (χ1) is 14.9. The molecule has 2 heterocycles. The van der Waals surface area contributed by atoms with Crippen LogP contribution in [-0.2, 0) is 15.4 Å². The third-order valence-electron chi connectivity index (χ3n) is 4.88. The third-order valence-corrected chi connectivity index (χ3v) is 7.70. The maximum absolute atomic E-state index is 11.9. The lowest BCUT2D eigenvalue weighted by Crippen LogP contribution is -2.16. The SMILES string of the molecule is CC(C)(O)c1cc(-c2ccc(-c3cccc(S(C)(=O)=O)c3)s2)n(-c2cc(Cl)ccc2Cl)n1. The summed E-state index contributed by atoms with van der Waals surface area (Å²) in [7, 11) is -3.31. The number of halogens is 2. The van der Waals surface area contributed by atoms with Gasteiger partial charge in [0, 0.05) is 16.2 Å². The van der Waals surface area contributed by atoms with E-state index in [0.717, 1.165) is 21.0 Å². The molecule has 0 aliphatic carbocycles. The van der Waals surface area contributed by atoms with Crippen molar-refractivity contribution >= 4 is 44.4 Å². The number of rotatable bonds is 5. The van der Waals surface area contributed by atoms with Crippen molar-refractivity contribution in [2.24, 2.45) is 0 Å². The van der Waals surface area contributed by atoms with Crippen LogP contribution < -0.4 is 0 Å². The number of hydrogen-bond donors (Lipinski definition) is 1. The van der Waals surface area contributed by atoms with E-state index in [2.05, 4.69) is 5.10 Å². The normalized spacial score (nSPS) is 12.3. The highest BCUT2D eigenvalue weighted by atomic mass is 35.5. The zero-order valence-electron chi connectivity index (χ0n) is 17.5. The van der Waals surface area contributed by atoms with Gasteiger partial charge in [-0.3, -0.25) is 0 Å². The Balaban J connectivity index is 1.86. The number of sulfone groups is 1. The molecule has 0 atom stereocenters.